The number of hydrogen-bond donors (Lipinski definition) is 1. The molecule has 0 unspecified atom stereocenters. The lowest BCUT2D eigenvalue weighted by Gasteiger charge is -2.06. The van der Waals surface area contributed by atoms with E-state index in [0.29, 0.717) is 23.1 Å². The Bertz CT molecular complexity index is 876. The lowest BCUT2D eigenvalue weighted by atomic mass is 10.2. The molecule has 6 heteroatoms. The van der Waals surface area contributed by atoms with Crippen LogP contribution in [0.25, 0.3) is 10.2 Å². The van der Waals surface area contributed by atoms with Crippen LogP contribution in [0, 0.1) is 0 Å². The number of unbranched alkanes of at least 4 members (excludes halogenated alkanes) is 1. The third-order valence-electron chi connectivity index (χ3n) is 3.70. The summed E-state index contributed by atoms with van der Waals surface area (Å²) in [4.78, 5) is 16.9. The highest BCUT2D eigenvalue weighted by Crippen LogP contribution is 2.30. The van der Waals surface area contributed by atoms with Crippen LogP contribution in [0.1, 0.15) is 30.1 Å². The molecule has 0 aliphatic heterocycles. The first-order valence-electron chi connectivity index (χ1n) is 8.19. The topological polar surface area (TPSA) is 60.5 Å². The van der Waals surface area contributed by atoms with E-state index in [1.54, 1.807) is 25.3 Å². The molecular weight excluding hydrogens is 336 g/mol. The molecule has 0 fully saturated rings. The Balaban J connectivity index is 1.76. The predicted octanol–water partition coefficient (Wildman–Crippen LogP) is 4.74. The standard InChI is InChI=1S/C19H20N2O3S/c1-3-4-11-24-13-9-10-15-17(12-13)25-19(20-15)21-18(22)14-7-5-6-8-16(14)23-2/h5-10,12H,3-4,11H2,1-2H3,(H,20,21,22). The molecule has 1 N–H and O–H groups in total. The molecule has 1 heterocycles. The molecule has 0 aliphatic rings. The molecule has 5 nitrogen and oxygen atoms in total. The molecule has 0 radical (unpaired) electrons. The van der Waals surface area contributed by atoms with Gasteiger partial charge in [0.25, 0.3) is 5.91 Å². The Kier molecular flexibility index (Phi) is 5.50. The van der Waals surface area contributed by atoms with E-state index in [1.165, 1.54) is 11.3 Å². The first-order valence-corrected chi connectivity index (χ1v) is 9.00. The van der Waals surface area contributed by atoms with E-state index in [2.05, 4.69) is 17.2 Å². The number of ether oxygens (including phenoxy) is 2. The fraction of sp³-hybridized carbons (Fsp3) is 0.263. The van der Waals surface area contributed by atoms with Crippen LogP contribution in [0.15, 0.2) is 42.5 Å². The van der Waals surface area contributed by atoms with Crippen molar-refractivity contribution < 1.29 is 14.3 Å². The van der Waals surface area contributed by atoms with Crippen molar-refractivity contribution in [1.82, 2.24) is 4.98 Å². The summed E-state index contributed by atoms with van der Waals surface area (Å²) >= 11 is 1.42. The van der Waals surface area contributed by atoms with E-state index in [1.807, 2.05) is 24.3 Å². The second-order valence-electron chi connectivity index (χ2n) is 5.50. The zero-order chi connectivity index (χ0) is 17.6. The third-order valence-corrected chi connectivity index (χ3v) is 4.63. The first kappa shape index (κ1) is 17.2. The van der Waals surface area contributed by atoms with Gasteiger partial charge in [0.2, 0.25) is 0 Å². The van der Waals surface area contributed by atoms with Crippen LogP contribution < -0.4 is 14.8 Å². The number of hydrogen-bond acceptors (Lipinski definition) is 5. The summed E-state index contributed by atoms with van der Waals surface area (Å²) in [5.74, 6) is 1.12. The molecule has 0 aliphatic carbocycles. The summed E-state index contributed by atoms with van der Waals surface area (Å²) in [7, 11) is 1.55. The number of aromatic nitrogens is 1. The van der Waals surface area contributed by atoms with E-state index in [9.17, 15) is 4.79 Å². The van der Waals surface area contributed by atoms with Crippen molar-refractivity contribution in [2.45, 2.75) is 19.8 Å². The van der Waals surface area contributed by atoms with Gasteiger partial charge >= 0.3 is 0 Å². The van der Waals surface area contributed by atoms with Gasteiger partial charge in [-0.05, 0) is 36.8 Å². The van der Waals surface area contributed by atoms with Crippen molar-refractivity contribution in [2.75, 3.05) is 19.0 Å². The summed E-state index contributed by atoms with van der Waals surface area (Å²) < 4.78 is 11.9. The Morgan fingerprint density at radius 1 is 1.24 bits per heavy atom. The van der Waals surface area contributed by atoms with Gasteiger partial charge in [-0.1, -0.05) is 36.8 Å². The van der Waals surface area contributed by atoms with Gasteiger partial charge in [0.1, 0.15) is 11.5 Å². The number of rotatable bonds is 7. The number of anilines is 1. The molecule has 25 heavy (non-hydrogen) atoms. The SMILES string of the molecule is CCCCOc1ccc2nc(NC(=O)c3ccccc3OC)sc2c1. The largest absolute Gasteiger partial charge is 0.496 e. The number of benzene rings is 2. The molecular formula is C19H20N2O3S. The number of fused-ring (bicyclic) bond motifs is 1. The minimum atomic E-state index is -0.240. The van der Waals surface area contributed by atoms with Crippen molar-refractivity contribution in [2.24, 2.45) is 0 Å². The fourth-order valence-corrected chi connectivity index (χ4v) is 3.27. The highest BCUT2D eigenvalue weighted by Gasteiger charge is 2.14. The molecule has 3 rings (SSSR count). The number of nitrogens with one attached hydrogen (secondary N) is 1. The average molecular weight is 356 g/mol. The average Bonchev–Trinajstić information content (AvgIpc) is 3.03. The lowest BCUT2D eigenvalue weighted by Crippen LogP contribution is -2.12. The minimum absolute atomic E-state index is 0.240. The first-order chi connectivity index (χ1) is 12.2. The van der Waals surface area contributed by atoms with E-state index in [0.717, 1.165) is 28.8 Å². The van der Waals surface area contributed by atoms with Crippen LogP contribution in [0.2, 0.25) is 0 Å². The van der Waals surface area contributed by atoms with Crippen LogP contribution >= 0.6 is 11.3 Å². The van der Waals surface area contributed by atoms with E-state index >= 15 is 0 Å². The van der Waals surface area contributed by atoms with Gasteiger partial charge in [-0.15, -0.1) is 0 Å². The summed E-state index contributed by atoms with van der Waals surface area (Å²) in [5, 5.41) is 3.39. The highest BCUT2D eigenvalue weighted by molar-refractivity contribution is 7.22. The van der Waals surface area contributed by atoms with Crippen LogP contribution in [0.4, 0.5) is 5.13 Å². The molecule has 2 aromatic carbocycles. The smallest absolute Gasteiger partial charge is 0.261 e. The van der Waals surface area contributed by atoms with Crippen molar-refractivity contribution in [3.63, 3.8) is 0 Å². The molecule has 3 aromatic rings. The molecule has 1 aromatic heterocycles. The Labute approximate surface area is 150 Å². The number of methoxy groups -OCH3 is 1. The monoisotopic (exact) mass is 356 g/mol. The highest BCUT2D eigenvalue weighted by atomic mass is 32.1. The van der Waals surface area contributed by atoms with Crippen LogP contribution in [0.5, 0.6) is 11.5 Å². The third kappa shape index (κ3) is 4.09. The van der Waals surface area contributed by atoms with Crippen LogP contribution in [0.3, 0.4) is 0 Å². The van der Waals surface area contributed by atoms with Crippen molar-refractivity contribution >= 4 is 32.6 Å². The van der Waals surface area contributed by atoms with E-state index in [4.69, 9.17) is 9.47 Å². The predicted molar refractivity (Wildman–Crippen MR) is 101 cm³/mol. The second-order valence-corrected chi connectivity index (χ2v) is 6.54. The molecule has 0 atom stereocenters. The zero-order valence-electron chi connectivity index (χ0n) is 14.2. The number of para-hydroxylation sites is 1. The van der Waals surface area contributed by atoms with Crippen LogP contribution in [-0.4, -0.2) is 24.6 Å². The zero-order valence-corrected chi connectivity index (χ0v) is 15.1. The van der Waals surface area contributed by atoms with Gasteiger partial charge in [-0.3, -0.25) is 10.1 Å². The lowest BCUT2D eigenvalue weighted by molar-refractivity contribution is 0.102. The Morgan fingerprint density at radius 2 is 2.08 bits per heavy atom. The number of carbonyl (C=O) groups is 1. The number of nitrogens with zero attached hydrogens (tertiary/aromatic N) is 1. The van der Waals surface area contributed by atoms with Gasteiger partial charge in [-0.2, -0.15) is 0 Å². The Hall–Kier alpha value is -2.60. The molecule has 1 amide bonds. The van der Waals surface area contributed by atoms with Gasteiger partial charge in [0, 0.05) is 0 Å². The number of amides is 1. The fourth-order valence-electron chi connectivity index (χ4n) is 2.38. The van der Waals surface area contributed by atoms with Gasteiger partial charge in [0.15, 0.2) is 5.13 Å². The maximum absolute atomic E-state index is 12.5. The maximum Gasteiger partial charge on any atom is 0.261 e. The summed E-state index contributed by atoms with van der Waals surface area (Å²) in [6.45, 7) is 2.84. The quantitative estimate of drug-likeness (QED) is 0.621. The molecule has 0 spiro atoms. The Morgan fingerprint density at radius 3 is 2.88 bits per heavy atom. The van der Waals surface area contributed by atoms with E-state index < -0.39 is 0 Å². The van der Waals surface area contributed by atoms with Crippen molar-refractivity contribution in [3.8, 4) is 11.5 Å². The summed E-state index contributed by atoms with van der Waals surface area (Å²) in [6, 6.07) is 12.9. The van der Waals surface area contributed by atoms with Crippen LogP contribution in [-0.2, 0) is 0 Å². The van der Waals surface area contributed by atoms with Crippen molar-refractivity contribution in [3.05, 3.63) is 48.0 Å². The minimum Gasteiger partial charge on any atom is -0.496 e. The van der Waals surface area contributed by atoms with Crippen molar-refractivity contribution in [1.29, 1.82) is 0 Å². The van der Waals surface area contributed by atoms with Gasteiger partial charge in [-0.25, -0.2) is 4.98 Å². The number of carbonyl (C=O) groups excluding carboxylic acids is 1. The summed E-state index contributed by atoms with van der Waals surface area (Å²) in [5.41, 5.74) is 1.32. The number of thiazole rings is 1. The molecule has 0 saturated carbocycles. The van der Waals surface area contributed by atoms with E-state index in [-0.39, 0.29) is 5.91 Å². The maximum atomic E-state index is 12.5. The normalized spacial score (nSPS) is 10.6. The second kappa shape index (κ2) is 7.98. The molecule has 0 bridgehead atoms. The summed E-state index contributed by atoms with van der Waals surface area (Å²) in [6.07, 6.45) is 2.13. The molecule has 130 valence electrons. The van der Waals surface area contributed by atoms with Gasteiger partial charge in [0.05, 0.1) is 29.5 Å². The van der Waals surface area contributed by atoms with Gasteiger partial charge < -0.3 is 9.47 Å². The molecule has 0 saturated heterocycles.